The number of ether oxygens (including phenoxy) is 2. The molecular formula is C19H16F3N3O4S. The zero-order valence-corrected chi connectivity index (χ0v) is 16.8. The van der Waals surface area contributed by atoms with Crippen molar-refractivity contribution in [3.05, 3.63) is 41.2 Å². The molecule has 0 bridgehead atoms. The minimum atomic E-state index is -4.36. The van der Waals surface area contributed by atoms with E-state index in [2.05, 4.69) is 10.2 Å². The van der Waals surface area contributed by atoms with Gasteiger partial charge in [0.25, 0.3) is 5.22 Å². The van der Waals surface area contributed by atoms with E-state index in [9.17, 15) is 18.0 Å². The van der Waals surface area contributed by atoms with E-state index in [1.165, 1.54) is 19.9 Å². The third-order valence-electron chi connectivity index (χ3n) is 4.56. The summed E-state index contributed by atoms with van der Waals surface area (Å²) in [6.45, 7) is 2.06. The molecule has 30 heavy (non-hydrogen) atoms. The largest absolute Gasteiger partial charge is 0.454 e. The molecule has 1 aliphatic rings. The maximum atomic E-state index is 12.7. The van der Waals surface area contributed by atoms with E-state index < -0.39 is 12.7 Å². The molecule has 0 unspecified atom stereocenters. The van der Waals surface area contributed by atoms with Gasteiger partial charge < -0.3 is 18.5 Å². The Labute approximate surface area is 173 Å². The van der Waals surface area contributed by atoms with Crippen LogP contribution in [0, 0.1) is 13.8 Å². The number of Topliss-reactive ketones (excluding diaryl/α,β-unsaturated/α-hetero) is 1. The average Bonchev–Trinajstić information content (AvgIpc) is 3.40. The van der Waals surface area contributed by atoms with Gasteiger partial charge in [0.2, 0.25) is 12.7 Å². The number of fused-ring (bicyclic) bond motifs is 1. The molecule has 0 atom stereocenters. The van der Waals surface area contributed by atoms with Gasteiger partial charge >= 0.3 is 6.18 Å². The lowest BCUT2D eigenvalue weighted by Crippen LogP contribution is -2.19. The zero-order chi connectivity index (χ0) is 21.5. The number of rotatable bonds is 6. The van der Waals surface area contributed by atoms with Crippen LogP contribution in [0.1, 0.15) is 21.7 Å². The van der Waals surface area contributed by atoms with Gasteiger partial charge in [0.1, 0.15) is 6.54 Å². The first-order valence-corrected chi connectivity index (χ1v) is 9.83. The number of nitrogens with zero attached hydrogens (tertiary/aromatic N) is 3. The molecule has 1 aromatic carbocycles. The van der Waals surface area contributed by atoms with Crippen LogP contribution in [0.3, 0.4) is 0 Å². The third-order valence-corrected chi connectivity index (χ3v) is 5.38. The SMILES string of the molecule is Cc1cc(C(=O)CSc2nnc(-c3ccc4c(c3)OCO4)o2)c(C)n1CC(F)(F)F. The Balaban J connectivity index is 1.43. The van der Waals surface area contributed by atoms with Crippen LogP contribution in [0.25, 0.3) is 11.5 Å². The van der Waals surface area contributed by atoms with Gasteiger partial charge in [-0.25, -0.2) is 0 Å². The molecule has 4 rings (SSSR count). The molecule has 3 aromatic rings. The van der Waals surface area contributed by atoms with Gasteiger partial charge in [-0.05, 0) is 38.1 Å². The van der Waals surface area contributed by atoms with Crippen LogP contribution in [0.4, 0.5) is 13.2 Å². The van der Waals surface area contributed by atoms with E-state index in [-0.39, 0.29) is 40.7 Å². The van der Waals surface area contributed by atoms with Crippen molar-refractivity contribution in [2.24, 2.45) is 0 Å². The molecular weight excluding hydrogens is 423 g/mol. The number of carbonyl (C=O) groups is 1. The molecule has 0 fully saturated rings. The molecule has 11 heteroatoms. The van der Waals surface area contributed by atoms with Crippen LogP contribution < -0.4 is 9.47 Å². The standard InChI is InChI=1S/C19H16F3N3O4S/c1-10-5-13(11(2)25(10)8-19(20,21)22)14(26)7-30-18-24-23-17(29-18)12-3-4-15-16(6-12)28-9-27-15/h3-6H,7-9H2,1-2H3. The summed E-state index contributed by atoms with van der Waals surface area (Å²) >= 11 is 1.02. The van der Waals surface area contributed by atoms with Crippen LogP contribution in [-0.2, 0) is 6.54 Å². The zero-order valence-electron chi connectivity index (χ0n) is 15.9. The summed E-state index contributed by atoms with van der Waals surface area (Å²) in [4.78, 5) is 12.5. The lowest BCUT2D eigenvalue weighted by molar-refractivity contribution is -0.141. The summed E-state index contributed by atoms with van der Waals surface area (Å²) in [5.41, 5.74) is 1.54. The number of thioether (sulfide) groups is 1. The topological polar surface area (TPSA) is 79.4 Å². The minimum Gasteiger partial charge on any atom is -0.454 e. The predicted molar refractivity (Wildman–Crippen MR) is 101 cm³/mol. The smallest absolute Gasteiger partial charge is 0.406 e. The number of ketones is 1. The van der Waals surface area contributed by atoms with Crippen molar-refractivity contribution in [3.8, 4) is 23.0 Å². The second kappa shape index (κ2) is 7.71. The summed E-state index contributed by atoms with van der Waals surface area (Å²) in [5.74, 6) is 1.10. The first kappa shape index (κ1) is 20.3. The molecule has 0 spiro atoms. The highest BCUT2D eigenvalue weighted by molar-refractivity contribution is 7.99. The lowest BCUT2D eigenvalue weighted by Gasteiger charge is -2.12. The van der Waals surface area contributed by atoms with Gasteiger partial charge in [0, 0.05) is 22.5 Å². The van der Waals surface area contributed by atoms with Crippen LogP contribution in [-0.4, -0.2) is 39.3 Å². The fourth-order valence-corrected chi connectivity index (χ4v) is 3.77. The van der Waals surface area contributed by atoms with Crippen molar-refractivity contribution in [2.75, 3.05) is 12.5 Å². The highest BCUT2D eigenvalue weighted by atomic mass is 32.2. The quantitative estimate of drug-likeness (QED) is 0.416. The molecule has 0 N–H and O–H groups in total. The van der Waals surface area contributed by atoms with Crippen LogP contribution in [0.15, 0.2) is 33.9 Å². The molecule has 0 radical (unpaired) electrons. The highest BCUT2D eigenvalue weighted by Crippen LogP contribution is 2.36. The van der Waals surface area contributed by atoms with Crippen molar-refractivity contribution < 1.29 is 31.9 Å². The van der Waals surface area contributed by atoms with E-state index in [0.717, 1.165) is 16.3 Å². The Kier molecular flexibility index (Phi) is 5.22. The average molecular weight is 439 g/mol. The Morgan fingerprint density at radius 1 is 1.17 bits per heavy atom. The Morgan fingerprint density at radius 3 is 2.70 bits per heavy atom. The molecule has 0 saturated carbocycles. The minimum absolute atomic E-state index is 0.0426. The van der Waals surface area contributed by atoms with Crippen molar-refractivity contribution in [3.63, 3.8) is 0 Å². The predicted octanol–water partition coefficient (Wildman–Crippen LogP) is 4.42. The second-order valence-corrected chi connectivity index (χ2v) is 7.57. The maximum Gasteiger partial charge on any atom is 0.406 e. The molecule has 158 valence electrons. The molecule has 0 aliphatic carbocycles. The van der Waals surface area contributed by atoms with E-state index >= 15 is 0 Å². The van der Waals surface area contributed by atoms with Gasteiger partial charge in [-0.3, -0.25) is 4.79 Å². The van der Waals surface area contributed by atoms with Crippen molar-refractivity contribution in [1.82, 2.24) is 14.8 Å². The highest BCUT2D eigenvalue weighted by Gasteiger charge is 2.30. The first-order valence-electron chi connectivity index (χ1n) is 8.84. The number of hydrogen-bond acceptors (Lipinski definition) is 7. The normalized spacial score (nSPS) is 13.1. The van der Waals surface area contributed by atoms with Crippen molar-refractivity contribution in [1.29, 1.82) is 0 Å². The number of alkyl halides is 3. The van der Waals surface area contributed by atoms with Crippen molar-refractivity contribution in [2.45, 2.75) is 31.8 Å². The number of halogens is 3. The molecule has 3 heterocycles. The fraction of sp³-hybridized carbons (Fsp3) is 0.316. The molecule has 0 saturated heterocycles. The summed E-state index contributed by atoms with van der Waals surface area (Å²) in [6, 6.07) is 6.66. The molecule has 0 amide bonds. The van der Waals surface area contributed by atoms with Crippen molar-refractivity contribution >= 4 is 17.5 Å². The fourth-order valence-electron chi connectivity index (χ4n) is 3.13. The summed E-state index contributed by atoms with van der Waals surface area (Å²) in [7, 11) is 0. The summed E-state index contributed by atoms with van der Waals surface area (Å²) in [5, 5.41) is 8.06. The Bertz CT molecular complexity index is 1110. The van der Waals surface area contributed by atoms with Gasteiger partial charge in [-0.2, -0.15) is 13.2 Å². The number of benzene rings is 1. The molecule has 7 nitrogen and oxygen atoms in total. The van der Waals surface area contributed by atoms with Gasteiger partial charge in [0.15, 0.2) is 17.3 Å². The van der Waals surface area contributed by atoms with Gasteiger partial charge in [-0.1, -0.05) is 11.8 Å². The Morgan fingerprint density at radius 2 is 1.93 bits per heavy atom. The summed E-state index contributed by atoms with van der Waals surface area (Å²) < 4.78 is 55.5. The summed E-state index contributed by atoms with van der Waals surface area (Å²) in [6.07, 6.45) is -4.36. The maximum absolute atomic E-state index is 12.7. The first-order chi connectivity index (χ1) is 14.2. The Hall–Kier alpha value is -2.95. The van der Waals surface area contributed by atoms with E-state index in [1.54, 1.807) is 18.2 Å². The van der Waals surface area contributed by atoms with Crippen LogP contribution in [0.5, 0.6) is 11.5 Å². The van der Waals surface area contributed by atoms with Gasteiger partial charge in [0.05, 0.1) is 5.75 Å². The molecule has 2 aromatic heterocycles. The van der Waals surface area contributed by atoms with Gasteiger partial charge in [-0.15, -0.1) is 10.2 Å². The number of aromatic nitrogens is 3. The number of carbonyl (C=O) groups excluding carboxylic acids is 1. The lowest BCUT2D eigenvalue weighted by atomic mass is 10.2. The number of hydrogen-bond donors (Lipinski definition) is 0. The monoisotopic (exact) mass is 439 g/mol. The van der Waals surface area contributed by atoms with E-state index in [0.29, 0.717) is 22.8 Å². The molecule has 1 aliphatic heterocycles. The van der Waals surface area contributed by atoms with Crippen LogP contribution in [0.2, 0.25) is 0 Å². The van der Waals surface area contributed by atoms with Crippen LogP contribution >= 0.6 is 11.8 Å². The number of aryl methyl sites for hydroxylation is 1. The van der Waals surface area contributed by atoms with E-state index in [1.807, 2.05) is 0 Å². The third kappa shape index (κ3) is 4.16. The second-order valence-electron chi connectivity index (χ2n) is 6.64. The van der Waals surface area contributed by atoms with E-state index in [4.69, 9.17) is 13.9 Å².